The van der Waals surface area contributed by atoms with E-state index in [-0.39, 0.29) is 29.9 Å². The van der Waals surface area contributed by atoms with E-state index in [0.29, 0.717) is 6.42 Å². The van der Waals surface area contributed by atoms with Crippen LogP contribution in [0.3, 0.4) is 0 Å². The minimum atomic E-state index is -3.74. The highest BCUT2D eigenvalue weighted by atomic mass is 32.2. The summed E-state index contributed by atoms with van der Waals surface area (Å²) in [5.74, 6) is -0.275. The third-order valence-corrected chi connectivity index (χ3v) is 6.18. The van der Waals surface area contributed by atoms with Gasteiger partial charge in [-0.1, -0.05) is 61.9 Å². The number of nitrogens with zero attached hydrogens (tertiary/aromatic N) is 1. The molecule has 1 amide bonds. The molecule has 1 atom stereocenters. The van der Waals surface area contributed by atoms with Gasteiger partial charge in [0.1, 0.15) is 0 Å². The number of hydrogen-bond acceptors (Lipinski definition) is 3. The zero-order chi connectivity index (χ0) is 19.7. The Hall–Kier alpha value is -2.18. The number of amides is 1. The van der Waals surface area contributed by atoms with Crippen LogP contribution in [0, 0.1) is 0 Å². The number of carbonyl (C=O) groups is 1. The van der Waals surface area contributed by atoms with Gasteiger partial charge in [0.15, 0.2) is 0 Å². The van der Waals surface area contributed by atoms with Gasteiger partial charge >= 0.3 is 0 Å². The van der Waals surface area contributed by atoms with Gasteiger partial charge in [0.2, 0.25) is 15.9 Å². The molecule has 1 N–H and O–H groups in total. The summed E-state index contributed by atoms with van der Waals surface area (Å²) >= 11 is 0. The molecule has 0 bridgehead atoms. The maximum Gasteiger partial charge on any atom is 0.243 e. The average molecular weight is 389 g/mol. The van der Waals surface area contributed by atoms with Crippen molar-refractivity contribution in [1.29, 1.82) is 0 Å². The minimum Gasteiger partial charge on any atom is -0.353 e. The highest BCUT2D eigenvalue weighted by Crippen LogP contribution is 2.16. The molecule has 0 spiro atoms. The molecule has 0 aromatic heterocycles. The van der Waals surface area contributed by atoms with Gasteiger partial charge in [-0.25, -0.2) is 8.42 Å². The van der Waals surface area contributed by atoms with Crippen LogP contribution in [0.1, 0.15) is 32.3 Å². The van der Waals surface area contributed by atoms with Gasteiger partial charge in [-0.05, 0) is 37.5 Å². The zero-order valence-corrected chi connectivity index (χ0v) is 16.8. The molecule has 0 saturated heterocycles. The predicted molar refractivity (Wildman–Crippen MR) is 108 cm³/mol. The second-order valence-corrected chi connectivity index (χ2v) is 8.58. The van der Waals surface area contributed by atoms with E-state index in [4.69, 9.17) is 0 Å². The smallest absolute Gasteiger partial charge is 0.243 e. The summed E-state index contributed by atoms with van der Waals surface area (Å²) in [6, 6.07) is 18.0. The van der Waals surface area contributed by atoms with Crippen LogP contribution >= 0.6 is 0 Å². The van der Waals surface area contributed by atoms with E-state index in [1.54, 1.807) is 30.3 Å². The molecule has 1 unspecified atom stereocenters. The van der Waals surface area contributed by atoms with Crippen LogP contribution in [0.2, 0.25) is 0 Å². The average Bonchev–Trinajstić information content (AvgIpc) is 2.66. The molecule has 0 aliphatic rings. The van der Waals surface area contributed by atoms with E-state index in [1.165, 1.54) is 4.31 Å². The van der Waals surface area contributed by atoms with Crippen LogP contribution in [0.25, 0.3) is 0 Å². The molecular formula is C21H28N2O3S. The van der Waals surface area contributed by atoms with Crippen molar-refractivity contribution < 1.29 is 13.2 Å². The van der Waals surface area contributed by atoms with Crippen LogP contribution in [0.15, 0.2) is 65.6 Å². The van der Waals surface area contributed by atoms with Gasteiger partial charge in [-0.15, -0.1) is 0 Å². The van der Waals surface area contributed by atoms with Crippen molar-refractivity contribution in [1.82, 2.24) is 9.62 Å². The summed E-state index contributed by atoms with van der Waals surface area (Å²) in [7, 11) is -3.74. The Bertz CT molecular complexity index is 808. The first-order chi connectivity index (χ1) is 12.9. The molecule has 2 aromatic carbocycles. The van der Waals surface area contributed by atoms with E-state index in [1.807, 2.05) is 37.3 Å². The lowest BCUT2D eigenvalue weighted by atomic mass is 10.1. The van der Waals surface area contributed by atoms with E-state index < -0.39 is 10.0 Å². The number of hydrogen-bond donors (Lipinski definition) is 1. The van der Waals surface area contributed by atoms with Crippen LogP contribution in [-0.4, -0.2) is 37.8 Å². The molecule has 146 valence electrons. The largest absolute Gasteiger partial charge is 0.353 e. The maximum atomic E-state index is 13.0. The summed E-state index contributed by atoms with van der Waals surface area (Å²) in [5.41, 5.74) is 1.03. The molecule has 27 heavy (non-hydrogen) atoms. The first-order valence-corrected chi connectivity index (χ1v) is 10.8. The third kappa shape index (κ3) is 6.48. The van der Waals surface area contributed by atoms with Gasteiger partial charge in [0.25, 0.3) is 0 Å². The Balaban J connectivity index is 2.16. The molecule has 6 heteroatoms. The fraction of sp³-hybridized carbons (Fsp3) is 0.381. The van der Waals surface area contributed by atoms with Crippen molar-refractivity contribution in [2.45, 2.75) is 44.0 Å². The summed E-state index contributed by atoms with van der Waals surface area (Å²) in [5, 5.41) is 2.89. The number of benzene rings is 2. The Morgan fingerprint density at radius 2 is 1.63 bits per heavy atom. The summed E-state index contributed by atoms with van der Waals surface area (Å²) in [6.07, 6.45) is 2.37. The lowest BCUT2D eigenvalue weighted by Gasteiger charge is -2.23. The van der Waals surface area contributed by atoms with Crippen molar-refractivity contribution in [3.8, 4) is 0 Å². The molecule has 2 rings (SSSR count). The van der Waals surface area contributed by atoms with Gasteiger partial charge in [-0.3, -0.25) is 4.79 Å². The first-order valence-electron chi connectivity index (χ1n) is 9.32. The van der Waals surface area contributed by atoms with Crippen molar-refractivity contribution in [3.63, 3.8) is 0 Å². The number of nitrogens with one attached hydrogen (secondary N) is 1. The Morgan fingerprint density at radius 1 is 1.04 bits per heavy atom. The quantitative estimate of drug-likeness (QED) is 0.680. The molecule has 0 aliphatic carbocycles. The normalized spacial score (nSPS) is 12.7. The third-order valence-electron chi connectivity index (χ3n) is 4.32. The molecule has 2 aromatic rings. The van der Waals surface area contributed by atoms with E-state index in [0.717, 1.165) is 18.4 Å². The van der Waals surface area contributed by atoms with Crippen LogP contribution in [-0.2, 0) is 21.2 Å². The lowest BCUT2D eigenvalue weighted by molar-refractivity contribution is -0.121. The van der Waals surface area contributed by atoms with E-state index in [2.05, 4.69) is 12.2 Å². The topological polar surface area (TPSA) is 66.5 Å². The summed E-state index contributed by atoms with van der Waals surface area (Å²) in [6.45, 7) is 4.05. The van der Waals surface area contributed by atoms with Crippen molar-refractivity contribution in [2.24, 2.45) is 0 Å². The number of rotatable bonds is 10. The standard InChI is InChI=1S/C21H28N2O3S/c1-3-10-18(2)22-21(24)17-23(16-15-19-11-6-4-7-12-19)27(25,26)20-13-8-5-9-14-20/h4-9,11-14,18H,3,10,15-17H2,1-2H3,(H,22,24). The van der Waals surface area contributed by atoms with E-state index >= 15 is 0 Å². The van der Waals surface area contributed by atoms with Gasteiger partial charge in [-0.2, -0.15) is 4.31 Å². The van der Waals surface area contributed by atoms with E-state index in [9.17, 15) is 13.2 Å². The number of sulfonamides is 1. The fourth-order valence-electron chi connectivity index (χ4n) is 2.91. The molecule has 5 nitrogen and oxygen atoms in total. The second-order valence-electron chi connectivity index (χ2n) is 6.64. The van der Waals surface area contributed by atoms with Crippen LogP contribution in [0.4, 0.5) is 0 Å². The highest BCUT2D eigenvalue weighted by Gasteiger charge is 2.26. The molecule has 0 heterocycles. The Morgan fingerprint density at radius 3 is 2.22 bits per heavy atom. The van der Waals surface area contributed by atoms with Crippen molar-refractivity contribution >= 4 is 15.9 Å². The van der Waals surface area contributed by atoms with Gasteiger partial charge in [0, 0.05) is 12.6 Å². The number of carbonyl (C=O) groups excluding carboxylic acids is 1. The van der Waals surface area contributed by atoms with Crippen LogP contribution in [0.5, 0.6) is 0 Å². The van der Waals surface area contributed by atoms with Crippen molar-refractivity contribution in [3.05, 3.63) is 66.2 Å². The second kappa shape index (κ2) is 10.2. The predicted octanol–water partition coefficient (Wildman–Crippen LogP) is 3.22. The summed E-state index contributed by atoms with van der Waals surface area (Å²) < 4.78 is 27.4. The maximum absolute atomic E-state index is 13.0. The Kier molecular flexibility index (Phi) is 8.00. The fourth-order valence-corrected chi connectivity index (χ4v) is 4.33. The monoisotopic (exact) mass is 388 g/mol. The SMILES string of the molecule is CCCC(C)NC(=O)CN(CCc1ccccc1)S(=O)(=O)c1ccccc1. The molecule has 0 aliphatic heterocycles. The molecular weight excluding hydrogens is 360 g/mol. The van der Waals surface area contributed by atoms with Gasteiger partial charge in [0.05, 0.1) is 11.4 Å². The lowest BCUT2D eigenvalue weighted by Crippen LogP contribution is -2.44. The molecule has 0 saturated carbocycles. The Labute approximate surface area is 162 Å². The summed E-state index contributed by atoms with van der Waals surface area (Å²) in [4.78, 5) is 12.6. The first kappa shape index (κ1) is 21.1. The minimum absolute atomic E-state index is 0.0258. The van der Waals surface area contributed by atoms with Gasteiger partial charge < -0.3 is 5.32 Å². The van der Waals surface area contributed by atoms with Crippen molar-refractivity contribution in [2.75, 3.05) is 13.1 Å². The molecule has 0 fully saturated rings. The zero-order valence-electron chi connectivity index (χ0n) is 16.0. The van der Waals surface area contributed by atoms with Crippen LogP contribution < -0.4 is 5.32 Å². The molecule has 0 radical (unpaired) electrons. The highest BCUT2D eigenvalue weighted by molar-refractivity contribution is 7.89.